The van der Waals surface area contributed by atoms with E-state index in [4.69, 9.17) is 0 Å². The summed E-state index contributed by atoms with van der Waals surface area (Å²) in [5, 5.41) is 30.6. The summed E-state index contributed by atoms with van der Waals surface area (Å²) >= 11 is 0. The van der Waals surface area contributed by atoms with Gasteiger partial charge in [0.2, 0.25) is 0 Å². The van der Waals surface area contributed by atoms with E-state index < -0.39 is 36.4 Å². The Labute approximate surface area is 103 Å². The van der Waals surface area contributed by atoms with Crippen LogP contribution in [0.25, 0.3) is 0 Å². The smallest absolute Gasteiger partial charge is 0.550 e. The fourth-order valence-electron chi connectivity index (χ4n) is 0.805. The van der Waals surface area contributed by atoms with Crippen LogP contribution in [0.1, 0.15) is 12.8 Å². The molecule has 0 unspecified atom stereocenters. The van der Waals surface area contributed by atoms with E-state index in [0.29, 0.717) is 0 Å². The standard InChI is InChI=1S/C6H9NO7.Bi/c7-14-6(5(12)13,1-3(8)9)2-4(10)11;/h1-2,7H2,(H,8,9)(H,10,11)(H,12,13);/q;+3/p-3. The average Bonchev–Trinajstić information content (AvgIpc) is 2.00. The van der Waals surface area contributed by atoms with Crippen molar-refractivity contribution in [3.8, 4) is 0 Å². The van der Waals surface area contributed by atoms with E-state index in [1.165, 1.54) is 0 Å². The van der Waals surface area contributed by atoms with Crippen LogP contribution < -0.4 is 21.2 Å². The van der Waals surface area contributed by atoms with Crippen molar-refractivity contribution in [1.82, 2.24) is 0 Å². The normalized spacial score (nSPS) is 10.2. The van der Waals surface area contributed by atoms with E-state index in [9.17, 15) is 29.7 Å². The number of aliphatic carboxylic acids is 3. The van der Waals surface area contributed by atoms with Gasteiger partial charge in [-0.2, -0.15) is 0 Å². The number of hydrogen-bond acceptors (Lipinski definition) is 8. The van der Waals surface area contributed by atoms with Gasteiger partial charge in [0.25, 0.3) is 0 Å². The zero-order valence-electron chi connectivity index (χ0n) is 7.30. The Balaban J connectivity index is 0. The Hall–Kier alpha value is -0.787. The number of hydrogen-bond donors (Lipinski definition) is 1. The van der Waals surface area contributed by atoms with Crippen LogP contribution in [0.5, 0.6) is 0 Å². The van der Waals surface area contributed by atoms with Crippen molar-refractivity contribution in [2.45, 2.75) is 18.4 Å². The monoisotopic (exact) mass is 413 g/mol. The molecule has 0 spiro atoms. The van der Waals surface area contributed by atoms with Gasteiger partial charge in [0, 0.05) is 24.8 Å². The number of carboxylic acid groups (broad SMARTS) is 3. The molecule has 2 N–H and O–H groups in total. The van der Waals surface area contributed by atoms with Gasteiger partial charge >= 0.3 is 26.2 Å². The molecule has 9 heteroatoms. The molecule has 0 aliphatic carbocycles. The number of carbonyl (C=O) groups is 3. The van der Waals surface area contributed by atoms with E-state index in [1.807, 2.05) is 0 Å². The summed E-state index contributed by atoms with van der Waals surface area (Å²) < 4.78 is 0. The maximum atomic E-state index is 10.4. The van der Waals surface area contributed by atoms with Crippen LogP contribution >= 0.6 is 0 Å². The third kappa shape index (κ3) is 5.01. The third-order valence-electron chi connectivity index (χ3n) is 1.46. The number of carbonyl (C=O) groups excluding carboxylic acids is 3. The quantitative estimate of drug-likeness (QED) is 0.334. The van der Waals surface area contributed by atoms with Crippen molar-refractivity contribution >= 4 is 44.1 Å². The molecule has 0 aromatic carbocycles. The van der Waals surface area contributed by atoms with E-state index >= 15 is 0 Å². The molecule has 0 aromatic heterocycles. The van der Waals surface area contributed by atoms with Crippen molar-refractivity contribution < 1.29 is 34.5 Å². The zero-order valence-corrected chi connectivity index (χ0v) is 10.8. The van der Waals surface area contributed by atoms with Crippen molar-refractivity contribution in [3.63, 3.8) is 0 Å². The predicted molar refractivity (Wildman–Crippen MR) is 38.0 cm³/mol. The molecule has 0 aliphatic rings. The molecule has 82 valence electrons. The third-order valence-corrected chi connectivity index (χ3v) is 1.46. The largest absolute Gasteiger partial charge is 3.00 e. The average molecular weight is 413 g/mol. The van der Waals surface area contributed by atoms with Crippen LogP contribution in [-0.2, 0) is 19.2 Å². The zero-order chi connectivity index (χ0) is 11.4. The molecule has 0 fully saturated rings. The fourth-order valence-corrected chi connectivity index (χ4v) is 0.805. The Morgan fingerprint density at radius 1 is 1.07 bits per heavy atom. The minimum Gasteiger partial charge on any atom is -0.550 e. The summed E-state index contributed by atoms with van der Waals surface area (Å²) in [4.78, 5) is 34.5. The van der Waals surface area contributed by atoms with Crippen LogP contribution in [0, 0.1) is 0 Å². The van der Waals surface area contributed by atoms with E-state index in [2.05, 4.69) is 10.7 Å². The van der Waals surface area contributed by atoms with E-state index in [0.717, 1.165) is 0 Å². The summed E-state index contributed by atoms with van der Waals surface area (Å²) in [5.41, 5.74) is -2.66. The Bertz CT molecular complexity index is 250. The second-order valence-electron chi connectivity index (χ2n) is 2.50. The number of carboxylic acids is 3. The first kappa shape index (κ1) is 16.6. The maximum absolute atomic E-state index is 10.4. The molecule has 0 saturated carbocycles. The van der Waals surface area contributed by atoms with E-state index in [1.54, 1.807) is 0 Å². The molecule has 0 atom stereocenters. The first-order valence-corrected chi connectivity index (χ1v) is 3.33. The summed E-state index contributed by atoms with van der Waals surface area (Å²) in [7, 11) is 0. The summed E-state index contributed by atoms with van der Waals surface area (Å²) in [6, 6.07) is 0. The van der Waals surface area contributed by atoms with Crippen molar-refractivity contribution in [2.75, 3.05) is 0 Å². The molecule has 2 radical (unpaired) electrons. The molecule has 0 aliphatic heterocycles. The minimum atomic E-state index is -2.66. The predicted octanol–water partition coefficient (Wildman–Crippen LogP) is -5.74. The molecule has 0 bridgehead atoms. The number of nitrogens with two attached hydrogens (primary N) is 1. The summed E-state index contributed by atoms with van der Waals surface area (Å²) in [6.07, 6.45) is -2.47. The van der Waals surface area contributed by atoms with Gasteiger partial charge in [-0.05, 0) is 0 Å². The molecule has 15 heavy (non-hydrogen) atoms. The van der Waals surface area contributed by atoms with Crippen molar-refractivity contribution in [1.29, 1.82) is 0 Å². The number of rotatable bonds is 6. The van der Waals surface area contributed by atoms with Crippen LogP contribution in [0.15, 0.2) is 0 Å². The summed E-state index contributed by atoms with van der Waals surface area (Å²) in [5.74, 6) is -1.22. The molecular formula is C6H6BiNO7. The van der Waals surface area contributed by atoms with Crippen LogP contribution in [0.4, 0.5) is 0 Å². The second kappa shape index (κ2) is 6.65. The molecular weight excluding hydrogens is 407 g/mol. The molecule has 0 heterocycles. The maximum Gasteiger partial charge on any atom is 3.00 e. The van der Waals surface area contributed by atoms with Gasteiger partial charge in [0.05, 0.1) is 5.97 Å². The molecule has 0 aromatic rings. The first-order chi connectivity index (χ1) is 6.34. The van der Waals surface area contributed by atoms with Crippen LogP contribution in [0.3, 0.4) is 0 Å². The van der Waals surface area contributed by atoms with Gasteiger partial charge in [0.1, 0.15) is 5.60 Å². The fraction of sp³-hybridized carbons (Fsp3) is 0.500. The molecule has 8 nitrogen and oxygen atoms in total. The van der Waals surface area contributed by atoms with Gasteiger partial charge in [-0.15, -0.1) is 0 Å². The van der Waals surface area contributed by atoms with Crippen molar-refractivity contribution in [3.05, 3.63) is 0 Å². The van der Waals surface area contributed by atoms with Gasteiger partial charge in [-0.3, -0.25) is 4.84 Å². The van der Waals surface area contributed by atoms with Gasteiger partial charge in [-0.1, -0.05) is 0 Å². The minimum absolute atomic E-state index is 0. The van der Waals surface area contributed by atoms with Crippen LogP contribution in [0.2, 0.25) is 0 Å². The topological polar surface area (TPSA) is 156 Å². The molecule has 0 amide bonds. The Morgan fingerprint density at radius 3 is 1.53 bits per heavy atom. The van der Waals surface area contributed by atoms with Gasteiger partial charge in [-0.25, -0.2) is 5.90 Å². The summed E-state index contributed by atoms with van der Waals surface area (Å²) in [6.45, 7) is 0. The molecule has 0 saturated heterocycles. The van der Waals surface area contributed by atoms with E-state index in [-0.39, 0.29) is 26.2 Å². The first-order valence-electron chi connectivity index (χ1n) is 3.33. The molecule has 0 rings (SSSR count). The Kier molecular flexibility index (Phi) is 7.38. The van der Waals surface area contributed by atoms with Crippen molar-refractivity contribution in [2.24, 2.45) is 5.90 Å². The Morgan fingerprint density at radius 2 is 1.40 bits per heavy atom. The van der Waals surface area contributed by atoms with Crippen LogP contribution in [-0.4, -0.2) is 49.7 Å². The second-order valence-corrected chi connectivity index (χ2v) is 2.50. The SMILES string of the molecule is NOC(CC(=O)[O-])(CC(=O)[O-])C(=O)[O-].[Bi+3]. The van der Waals surface area contributed by atoms with Gasteiger partial charge < -0.3 is 29.7 Å². The van der Waals surface area contributed by atoms with Gasteiger partial charge in [0.15, 0.2) is 0 Å².